The van der Waals surface area contributed by atoms with Crippen molar-refractivity contribution in [2.75, 3.05) is 6.61 Å². The van der Waals surface area contributed by atoms with Crippen LogP contribution in [0.5, 0.6) is 0 Å². The van der Waals surface area contributed by atoms with E-state index in [0.29, 0.717) is 18.4 Å². The number of Topliss-reactive ketones (excluding diaryl/α,β-unsaturated/α-hetero) is 1. The average molecular weight is 569 g/mol. The van der Waals surface area contributed by atoms with Gasteiger partial charge in [-0.1, -0.05) is 25.5 Å². The molecule has 4 aliphatic carbocycles. The molecule has 0 radical (unpaired) electrons. The Morgan fingerprint density at radius 3 is 2.45 bits per heavy atom. The third kappa shape index (κ3) is 3.70. The lowest BCUT2D eigenvalue weighted by Gasteiger charge is -2.62. The van der Waals surface area contributed by atoms with Crippen molar-refractivity contribution >= 4 is 17.5 Å². The summed E-state index contributed by atoms with van der Waals surface area (Å²) in [6.07, 6.45) is -5.93. The van der Waals surface area contributed by atoms with Crippen LogP contribution < -0.4 is 0 Å². The predicted octanol–water partition coefficient (Wildman–Crippen LogP) is -0.188. The van der Waals surface area contributed by atoms with E-state index in [2.05, 4.69) is 0 Å². The van der Waals surface area contributed by atoms with Gasteiger partial charge in [0.2, 0.25) is 0 Å². The van der Waals surface area contributed by atoms with Crippen molar-refractivity contribution in [3.8, 4) is 0 Å². The number of aliphatic hydroxyl groups is 5. The molecule has 9 unspecified atom stereocenters. The predicted molar refractivity (Wildman–Crippen MR) is 133 cm³/mol. The Kier molecular flexibility index (Phi) is 6.98. The van der Waals surface area contributed by atoms with Gasteiger partial charge in [-0.05, 0) is 56.6 Å². The van der Waals surface area contributed by atoms with Gasteiger partial charge in [0.1, 0.15) is 30.5 Å². The van der Waals surface area contributed by atoms with Gasteiger partial charge in [0.15, 0.2) is 29.6 Å². The van der Waals surface area contributed by atoms with Gasteiger partial charge in [-0.2, -0.15) is 0 Å². The molecular weight excluding hydrogens is 531 g/mol. The fourth-order valence-corrected chi connectivity index (χ4v) is 8.60. The highest BCUT2D eigenvalue weighted by Crippen LogP contribution is 2.70. The topological polar surface area (TPSA) is 191 Å². The zero-order valence-corrected chi connectivity index (χ0v) is 22.6. The van der Waals surface area contributed by atoms with Crippen molar-refractivity contribution in [1.29, 1.82) is 0 Å². The summed E-state index contributed by atoms with van der Waals surface area (Å²) in [5.41, 5.74) is -6.07. The van der Waals surface area contributed by atoms with Gasteiger partial charge in [0.05, 0.1) is 6.10 Å². The molecule has 5 aliphatic rings. The van der Waals surface area contributed by atoms with E-state index in [4.69, 9.17) is 9.47 Å². The molecule has 0 aromatic carbocycles. The average Bonchev–Trinajstić information content (AvgIpc) is 3.09. The number of hydrogen-bond acceptors (Lipinski definition) is 10. The van der Waals surface area contributed by atoms with Gasteiger partial charge in [-0.3, -0.25) is 9.59 Å². The van der Waals surface area contributed by atoms with Crippen LogP contribution in [0, 0.1) is 28.6 Å². The van der Waals surface area contributed by atoms with Crippen LogP contribution in [0.15, 0.2) is 23.8 Å². The van der Waals surface area contributed by atoms with E-state index in [-0.39, 0.29) is 18.6 Å². The van der Waals surface area contributed by atoms with Crippen LogP contribution >= 0.6 is 0 Å². The second-order valence-electron chi connectivity index (χ2n) is 12.6. The van der Waals surface area contributed by atoms with E-state index in [0.717, 1.165) is 0 Å². The highest BCUT2D eigenvalue weighted by atomic mass is 19.1. The Balaban J connectivity index is 1.40. The second kappa shape index (κ2) is 9.48. The maximum atomic E-state index is 17.3. The summed E-state index contributed by atoms with van der Waals surface area (Å²) in [5, 5.41) is 62.8. The minimum atomic E-state index is -2.13. The van der Waals surface area contributed by atoms with E-state index in [1.54, 1.807) is 20.8 Å². The Bertz CT molecular complexity index is 1170. The molecule has 1 heterocycles. The van der Waals surface area contributed by atoms with Crippen molar-refractivity contribution in [3.05, 3.63) is 23.8 Å². The molecule has 1 aliphatic heterocycles. The number of carboxylic acid groups (broad SMARTS) is 1. The molecule has 5 rings (SSSR count). The lowest BCUT2D eigenvalue weighted by atomic mass is 9.44. The minimum absolute atomic E-state index is 0.233. The number of ketones is 2. The number of carbonyl (C=O) groups is 3. The number of alkyl halides is 1. The monoisotopic (exact) mass is 568 g/mol. The molecule has 3 saturated carbocycles. The number of fused-ring (bicyclic) bond motifs is 5. The van der Waals surface area contributed by atoms with E-state index in [9.17, 15) is 45.0 Å². The van der Waals surface area contributed by atoms with E-state index < -0.39 is 95.0 Å². The quantitative estimate of drug-likeness (QED) is 0.258. The first kappa shape index (κ1) is 29.4. The molecule has 0 aromatic heterocycles. The number of ether oxygens (including phenoxy) is 2. The zero-order valence-electron chi connectivity index (χ0n) is 22.6. The molecule has 40 heavy (non-hydrogen) atoms. The van der Waals surface area contributed by atoms with Crippen molar-refractivity contribution < 1.29 is 58.9 Å². The van der Waals surface area contributed by atoms with Crippen LogP contribution in [0.4, 0.5) is 4.39 Å². The van der Waals surface area contributed by atoms with Crippen LogP contribution in [0.25, 0.3) is 0 Å². The molecule has 0 amide bonds. The number of aliphatic carboxylic acids is 1. The summed E-state index contributed by atoms with van der Waals surface area (Å²) >= 11 is 0. The van der Waals surface area contributed by atoms with Crippen LogP contribution in [-0.4, -0.2) is 103 Å². The largest absolute Gasteiger partial charge is 0.479 e. The molecular formula is C28H37FO11. The second-order valence-corrected chi connectivity index (χ2v) is 12.6. The van der Waals surface area contributed by atoms with Crippen molar-refractivity contribution in [1.82, 2.24) is 0 Å². The van der Waals surface area contributed by atoms with Gasteiger partial charge in [0.25, 0.3) is 0 Å². The van der Waals surface area contributed by atoms with E-state index in [1.165, 1.54) is 18.2 Å². The maximum absolute atomic E-state index is 17.3. The first-order valence-corrected chi connectivity index (χ1v) is 13.6. The third-order valence-corrected chi connectivity index (χ3v) is 10.8. The summed E-state index contributed by atoms with van der Waals surface area (Å²) in [5.74, 6) is -4.56. The normalized spacial score (nSPS) is 51.9. The summed E-state index contributed by atoms with van der Waals surface area (Å²) in [6, 6.07) is 0. The Morgan fingerprint density at radius 1 is 1.12 bits per heavy atom. The van der Waals surface area contributed by atoms with Gasteiger partial charge >= 0.3 is 5.97 Å². The highest BCUT2D eigenvalue weighted by Gasteiger charge is 2.75. The third-order valence-electron chi connectivity index (χ3n) is 10.8. The van der Waals surface area contributed by atoms with Crippen LogP contribution in [0.1, 0.15) is 46.5 Å². The lowest BCUT2D eigenvalue weighted by Crippen LogP contribution is -2.69. The summed E-state index contributed by atoms with van der Waals surface area (Å²) in [4.78, 5) is 37.0. The zero-order chi connectivity index (χ0) is 29.6. The number of allylic oxidation sites excluding steroid dienone is 4. The van der Waals surface area contributed by atoms with Crippen LogP contribution in [0.3, 0.4) is 0 Å². The van der Waals surface area contributed by atoms with Gasteiger partial charge in [-0.15, -0.1) is 0 Å². The summed E-state index contributed by atoms with van der Waals surface area (Å²) in [7, 11) is 0. The molecule has 6 N–H and O–H groups in total. The van der Waals surface area contributed by atoms with Gasteiger partial charge in [-0.25, -0.2) is 9.18 Å². The SMILES string of the molecule is CC1CC2C3CCC4=CC(=O)C=C[C@]4(C)[C@@]3(F)C(O)C[C@]2(C)[C@@]1(O)C(=O)COC1OC(C(=O)O)C(O)C(O)C1O. The fraction of sp³-hybridized carbons (Fsp3) is 0.750. The van der Waals surface area contributed by atoms with E-state index in [1.807, 2.05) is 0 Å². The smallest absolute Gasteiger partial charge is 0.335 e. The Labute approximate surface area is 230 Å². The van der Waals surface area contributed by atoms with Crippen molar-refractivity contribution in [2.45, 2.75) is 94.5 Å². The van der Waals surface area contributed by atoms with Crippen molar-refractivity contribution in [3.63, 3.8) is 0 Å². The standard InChI is InChI=1S/C28H37FO11/c1-12-8-16-15-5-4-13-9-14(30)6-7-25(13,2)27(15,29)17(31)10-26(16,3)28(12,38)18(32)11-39-24-21(35)19(33)20(34)22(40-24)23(36)37/h6-7,9,12,15-17,19-22,24,31,33-35,38H,4-5,8,10-11H2,1-3H3,(H,36,37)/t12?,15?,16?,17?,19?,20?,21?,22?,24?,25-,26-,27-,28-/m0/s1. The molecule has 4 fully saturated rings. The first-order chi connectivity index (χ1) is 18.5. The molecule has 12 heteroatoms. The van der Waals surface area contributed by atoms with Crippen molar-refractivity contribution in [2.24, 2.45) is 28.6 Å². The molecule has 0 spiro atoms. The molecule has 0 bridgehead atoms. The lowest BCUT2D eigenvalue weighted by molar-refractivity contribution is -0.293. The Hall–Kier alpha value is -2.06. The number of rotatable bonds is 5. The van der Waals surface area contributed by atoms with Gasteiger partial charge < -0.3 is 40.1 Å². The van der Waals surface area contributed by atoms with Crippen LogP contribution in [0.2, 0.25) is 0 Å². The van der Waals surface area contributed by atoms with E-state index >= 15 is 4.39 Å². The number of carboxylic acids is 1. The number of aliphatic hydroxyl groups excluding tert-OH is 4. The number of hydrogen-bond donors (Lipinski definition) is 6. The molecule has 11 nitrogen and oxygen atoms in total. The highest BCUT2D eigenvalue weighted by molar-refractivity contribution is 6.01. The minimum Gasteiger partial charge on any atom is -0.479 e. The van der Waals surface area contributed by atoms with Crippen LogP contribution in [-0.2, 0) is 23.9 Å². The fourth-order valence-electron chi connectivity index (χ4n) is 8.60. The molecule has 0 aromatic rings. The summed E-state index contributed by atoms with van der Waals surface area (Å²) in [6.45, 7) is 4.16. The van der Waals surface area contributed by atoms with Gasteiger partial charge in [0, 0.05) is 16.7 Å². The Morgan fingerprint density at radius 2 is 1.80 bits per heavy atom. The molecule has 13 atom stereocenters. The summed E-state index contributed by atoms with van der Waals surface area (Å²) < 4.78 is 27.7. The molecule has 1 saturated heterocycles. The first-order valence-electron chi connectivity index (χ1n) is 13.6. The number of halogens is 1. The molecule has 222 valence electrons. The maximum Gasteiger partial charge on any atom is 0.335 e. The number of carbonyl (C=O) groups excluding carboxylic acids is 2.